The highest BCUT2D eigenvalue weighted by Crippen LogP contribution is 2.28. The van der Waals surface area contributed by atoms with Gasteiger partial charge >= 0.3 is 0 Å². The molecule has 1 nitrogen and oxygen atoms in total. The van der Waals surface area contributed by atoms with Gasteiger partial charge in [-0.25, -0.2) is 0 Å². The van der Waals surface area contributed by atoms with Crippen molar-refractivity contribution < 1.29 is 4.74 Å². The summed E-state index contributed by atoms with van der Waals surface area (Å²) in [6.45, 7) is 0.626. The standard InChI is InChI=1S/C18H18OS/c1-19-14-8-13-18(15-16-9-4-2-5-10-16)20-17-11-6-3-7-12-17/h2-13,15H,14H2,1H3/b13-8+,18-15-. The Bertz CT molecular complexity index is 558. The topological polar surface area (TPSA) is 9.23 Å². The highest BCUT2D eigenvalue weighted by Gasteiger charge is 1.98. The van der Waals surface area contributed by atoms with Crippen LogP contribution in [0.25, 0.3) is 6.08 Å². The third-order valence-electron chi connectivity index (χ3n) is 2.63. The molecule has 0 bridgehead atoms. The Hall–Kier alpha value is -1.77. The number of methoxy groups -OCH3 is 1. The molecule has 20 heavy (non-hydrogen) atoms. The number of hydrogen-bond donors (Lipinski definition) is 0. The van der Waals surface area contributed by atoms with E-state index in [1.165, 1.54) is 15.4 Å². The molecule has 0 saturated carbocycles. The molecule has 0 fully saturated rings. The molecule has 0 aliphatic carbocycles. The Balaban J connectivity index is 2.18. The van der Waals surface area contributed by atoms with Gasteiger partial charge in [0.25, 0.3) is 0 Å². The smallest absolute Gasteiger partial charge is 0.0647 e. The van der Waals surface area contributed by atoms with Crippen molar-refractivity contribution in [2.75, 3.05) is 13.7 Å². The van der Waals surface area contributed by atoms with Crippen LogP contribution in [0, 0.1) is 0 Å². The molecule has 0 amide bonds. The van der Waals surface area contributed by atoms with Gasteiger partial charge in [0.05, 0.1) is 6.61 Å². The molecule has 0 aliphatic heterocycles. The van der Waals surface area contributed by atoms with Crippen LogP contribution in [0.5, 0.6) is 0 Å². The third-order valence-corrected chi connectivity index (χ3v) is 3.63. The Morgan fingerprint density at radius 2 is 1.65 bits per heavy atom. The van der Waals surface area contributed by atoms with Gasteiger partial charge in [-0.2, -0.15) is 0 Å². The van der Waals surface area contributed by atoms with Crippen LogP contribution in [0.3, 0.4) is 0 Å². The summed E-state index contributed by atoms with van der Waals surface area (Å²) < 4.78 is 5.07. The quantitative estimate of drug-likeness (QED) is 0.543. The van der Waals surface area contributed by atoms with Gasteiger partial charge < -0.3 is 4.74 Å². The second-order valence-corrected chi connectivity index (χ2v) is 5.38. The third kappa shape index (κ3) is 5.08. The largest absolute Gasteiger partial charge is 0.381 e. The van der Waals surface area contributed by atoms with Crippen LogP contribution in [-0.2, 0) is 4.74 Å². The van der Waals surface area contributed by atoms with E-state index < -0.39 is 0 Å². The van der Waals surface area contributed by atoms with Crippen LogP contribution in [0.2, 0.25) is 0 Å². The Morgan fingerprint density at radius 1 is 1.00 bits per heavy atom. The maximum atomic E-state index is 5.07. The van der Waals surface area contributed by atoms with Crippen molar-refractivity contribution >= 4 is 17.8 Å². The number of hydrogen-bond acceptors (Lipinski definition) is 2. The van der Waals surface area contributed by atoms with E-state index in [1.807, 2.05) is 18.2 Å². The van der Waals surface area contributed by atoms with Crippen molar-refractivity contribution in [3.8, 4) is 0 Å². The van der Waals surface area contributed by atoms with E-state index in [0.717, 1.165) is 0 Å². The van der Waals surface area contributed by atoms with Gasteiger partial charge in [-0.15, -0.1) is 0 Å². The van der Waals surface area contributed by atoms with Gasteiger partial charge in [-0.05, 0) is 29.8 Å². The molecule has 0 N–H and O–H groups in total. The average Bonchev–Trinajstić information content (AvgIpc) is 2.49. The fourth-order valence-corrected chi connectivity index (χ4v) is 2.63. The Labute approximate surface area is 125 Å². The first-order valence-electron chi connectivity index (χ1n) is 6.53. The fourth-order valence-electron chi connectivity index (χ4n) is 1.71. The van der Waals surface area contributed by atoms with E-state index in [2.05, 4.69) is 60.7 Å². The zero-order valence-corrected chi connectivity index (χ0v) is 12.3. The molecule has 0 saturated heterocycles. The summed E-state index contributed by atoms with van der Waals surface area (Å²) in [6, 6.07) is 20.7. The molecule has 2 aromatic rings. The molecule has 0 aliphatic rings. The highest BCUT2D eigenvalue weighted by molar-refractivity contribution is 8.03. The monoisotopic (exact) mass is 282 g/mol. The second-order valence-electron chi connectivity index (χ2n) is 4.23. The number of rotatable bonds is 6. The summed E-state index contributed by atoms with van der Waals surface area (Å²) in [5.74, 6) is 0. The van der Waals surface area contributed by atoms with E-state index in [-0.39, 0.29) is 0 Å². The van der Waals surface area contributed by atoms with Gasteiger partial charge in [0.15, 0.2) is 0 Å². The summed E-state index contributed by atoms with van der Waals surface area (Å²) in [6.07, 6.45) is 6.32. The van der Waals surface area contributed by atoms with Crippen LogP contribution in [0.1, 0.15) is 5.56 Å². The molecule has 2 rings (SSSR count). The predicted molar refractivity (Wildman–Crippen MR) is 87.7 cm³/mol. The summed E-state index contributed by atoms with van der Waals surface area (Å²) >= 11 is 1.75. The zero-order chi connectivity index (χ0) is 14.0. The van der Waals surface area contributed by atoms with Gasteiger partial charge in [0, 0.05) is 16.9 Å². The summed E-state index contributed by atoms with van der Waals surface area (Å²) in [7, 11) is 1.70. The second kappa shape index (κ2) is 8.41. The summed E-state index contributed by atoms with van der Waals surface area (Å²) in [4.78, 5) is 2.43. The molecular formula is C18H18OS. The van der Waals surface area contributed by atoms with Crippen molar-refractivity contribution in [3.05, 3.63) is 83.3 Å². The molecule has 102 valence electrons. The minimum atomic E-state index is 0.626. The van der Waals surface area contributed by atoms with Gasteiger partial charge in [0.2, 0.25) is 0 Å². The van der Waals surface area contributed by atoms with Crippen molar-refractivity contribution in [3.63, 3.8) is 0 Å². The minimum absolute atomic E-state index is 0.626. The van der Waals surface area contributed by atoms with E-state index in [9.17, 15) is 0 Å². The molecule has 2 heteroatoms. The zero-order valence-electron chi connectivity index (χ0n) is 11.5. The molecule has 2 aromatic carbocycles. The van der Waals surface area contributed by atoms with Crippen LogP contribution >= 0.6 is 11.8 Å². The normalized spacial score (nSPS) is 11.9. The Morgan fingerprint density at radius 3 is 2.30 bits per heavy atom. The lowest BCUT2D eigenvalue weighted by atomic mass is 10.2. The Kier molecular flexibility index (Phi) is 6.15. The number of thioether (sulfide) groups is 1. The summed E-state index contributed by atoms with van der Waals surface area (Å²) in [5, 5.41) is 0. The van der Waals surface area contributed by atoms with Crippen LogP contribution in [0.4, 0.5) is 0 Å². The average molecular weight is 282 g/mol. The lowest BCUT2D eigenvalue weighted by Gasteiger charge is -2.03. The molecule has 0 atom stereocenters. The SMILES string of the molecule is COC/C=C/C(=C/c1ccccc1)Sc1ccccc1. The van der Waals surface area contributed by atoms with E-state index >= 15 is 0 Å². The van der Waals surface area contributed by atoms with Crippen molar-refractivity contribution in [2.24, 2.45) is 0 Å². The molecule has 0 heterocycles. The molecule has 0 unspecified atom stereocenters. The van der Waals surface area contributed by atoms with Crippen molar-refractivity contribution in [1.82, 2.24) is 0 Å². The van der Waals surface area contributed by atoms with Crippen LogP contribution in [0.15, 0.2) is 82.6 Å². The maximum absolute atomic E-state index is 5.07. The molecule has 0 aromatic heterocycles. The minimum Gasteiger partial charge on any atom is -0.381 e. The maximum Gasteiger partial charge on any atom is 0.0647 e. The molecular weight excluding hydrogens is 264 g/mol. The first-order valence-corrected chi connectivity index (χ1v) is 7.35. The fraction of sp³-hybridized carbons (Fsp3) is 0.111. The molecule has 0 spiro atoms. The van der Waals surface area contributed by atoms with E-state index in [0.29, 0.717) is 6.61 Å². The first kappa shape index (κ1) is 14.6. The van der Waals surface area contributed by atoms with E-state index in [1.54, 1.807) is 18.9 Å². The number of allylic oxidation sites excluding steroid dienone is 1. The highest BCUT2D eigenvalue weighted by atomic mass is 32.2. The lowest BCUT2D eigenvalue weighted by molar-refractivity contribution is 0.234. The van der Waals surface area contributed by atoms with Crippen LogP contribution in [-0.4, -0.2) is 13.7 Å². The lowest BCUT2D eigenvalue weighted by Crippen LogP contribution is -1.82. The van der Waals surface area contributed by atoms with Crippen LogP contribution < -0.4 is 0 Å². The molecule has 0 radical (unpaired) electrons. The predicted octanol–water partition coefficient (Wildman–Crippen LogP) is 5.02. The first-order chi connectivity index (χ1) is 9.88. The summed E-state index contributed by atoms with van der Waals surface area (Å²) in [5.41, 5.74) is 1.20. The van der Waals surface area contributed by atoms with Gasteiger partial charge in [0.1, 0.15) is 0 Å². The number of benzene rings is 2. The van der Waals surface area contributed by atoms with Crippen molar-refractivity contribution in [1.29, 1.82) is 0 Å². The number of ether oxygens (including phenoxy) is 1. The van der Waals surface area contributed by atoms with Gasteiger partial charge in [-0.3, -0.25) is 0 Å². The van der Waals surface area contributed by atoms with E-state index in [4.69, 9.17) is 4.74 Å². The van der Waals surface area contributed by atoms with Crippen molar-refractivity contribution in [2.45, 2.75) is 4.90 Å². The van der Waals surface area contributed by atoms with Gasteiger partial charge in [-0.1, -0.05) is 66.4 Å².